The summed E-state index contributed by atoms with van der Waals surface area (Å²) >= 11 is 3.23. The molecule has 1 aromatic carbocycles. The Morgan fingerprint density at radius 3 is 2.46 bits per heavy atom. The van der Waals surface area contributed by atoms with Crippen molar-refractivity contribution in [2.24, 2.45) is 0 Å². The molecule has 1 saturated heterocycles. The smallest absolute Gasteiger partial charge is 0.408 e. The quantitative estimate of drug-likeness (QED) is 0.759. The normalized spacial score (nSPS) is 19.3. The van der Waals surface area contributed by atoms with Crippen molar-refractivity contribution in [3.63, 3.8) is 0 Å². The molecular weight excluding hydrogens is 405 g/mol. The first-order valence-corrected chi connectivity index (χ1v) is 9.12. The van der Waals surface area contributed by atoms with Crippen molar-refractivity contribution in [2.75, 3.05) is 13.2 Å². The molecule has 7 heteroatoms. The van der Waals surface area contributed by atoms with Crippen LogP contribution in [0.1, 0.15) is 40.2 Å². The molecule has 26 heavy (non-hydrogen) atoms. The van der Waals surface area contributed by atoms with Crippen molar-refractivity contribution >= 4 is 28.1 Å². The molecule has 0 unspecified atom stereocenters. The summed E-state index contributed by atoms with van der Waals surface area (Å²) in [6.07, 6.45) is 2.69. The lowest BCUT2D eigenvalue weighted by atomic mass is 9.98. The van der Waals surface area contributed by atoms with Gasteiger partial charge in [-0.2, -0.15) is 0 Å². The average molecular weight is 430 g/mol. The van der Waals surface area contributed by atoms with Gasteiger partial charge in [0.25, 0.3) is 0 Å². The van der Waals surface area contributed by atoms with Crippen LogP contribution in [0.15, 0.2) is 28.7 Å². The Kier molecular flexibility index (Phi) is 6.15. The van der Waals surface area contributed by atoms with Gasteiger partial charge in [0.2, 0.25) is 0 Å². The molecule has 1 aromatic rings. The van der Waals surface area contributed by atoms with Gasteiger partial charge in [0, 0.05) is 10.0 Å². The predicted molar refractivity (Wildman–Crippen MR) is 101 cm³/mol. The maximum Gasteiger partial charge on any atom is 0.408 e. The molecule has 1 N–H and O–H groups in total. The van der Waals surface area contributed by atoms with Crippen molar-refractivity contribution in [3.8, 4) is 0 Å². The van der Waals surface area contributed by atoms with Crippen molar-refractivity contribution < 1.29 is 23.4 Å². The average Bonchev–Trinajstić information content (AvgIpc) is 2.47. The van der Waals surface area contributed by atoms with Gasteiger partial charge >= 0.3 is 6.09 Å². The van der Waals surface area contributed by atoms with E-state index in [2.05, 4.69) is 21.2 Å². The monoisotopic (exact) mass is 429 g/mol. The summed E-state index contributed by atoms with van der Waals surface area (Å²) in [5.74, 6) is -1.13. The highest BCUT2D eigenvalue weighted by molar-refractivity contribution is 9.10. The number of alkyl carbamates (subject to hydrolysis) is 1. The number of hydrogen-bond acceptors (Lipinski definition) is 4. The van der Waals surface area contributed by atoms with Gasteiger partial charge in [-0.3, -0.25) is 0 Å². The van der Waals surface area contributed by atoms with E-state index >= 15 is 0 Å². The fourth-order valence-electron chi connectivity index (χ4n) is 2.29. The Balaban J connectivity index is 2.23. The second-order valence-corrected chi connectivity index (χ2v) is 8.68. The van der Waals surface area contributed by atoms with E-state index in [1.807, 2.05) is 0 Å². The van der Waals surface area contributed by atoms with Crippen LogP contribution in [-0.4, -0.2) is 36.2 Å². The summed E-state index contributed by atoms with van der Waals surface area (Å²) in [6.45, 7) is 9.28. The number of nitrogens with one attached hydrogen (secondary N) is 1. The van der Waals surface area contributed by atoms with Crippen molar-refractivity contribution in [1.82, 2.24) is 5.32 Å². The molecule has 1 heterocycles. The van der Waals surface area contributed by atoms with E-state index in [0.717, 1.165) is 0 Å². The Morgan fingerprint density at radius 1 is 1.31 bits per heavy atom. The van der Waals surface area contributed by atoms with E-state index in [9.17, 15) is 9.18 Å². The van der Waals surface area contributed by atoms with Crippen molar-refractivity contribution in [2.45, 2.75) is 51.5 Å². The number of benzene rings is 1. The minimum Gasteiger partial charge on any atom is -0.444 e. The molecule has 2 rings (SSSR count). The number of rotatable bonds is 3. The van der Waals surface area contributed by atoms with Crippen LogP contribution in [0.3, 0.4) is 0 Å². The van der Waals surface area contributed by atoms with E-state index in [1.165, 1.54) is 6.07 Å². The molecule has 0 bridgehead atoms. The summed E-state index contributed by atoms with van der Waals surface area (Å²) in [7, 11) is 0. The van der Waals surface area contributed by atoms with Gasteiger partial charge in [0.05, 0.1) is 13.2 Å². The highest BCUT2D eigenvalue weighted by Gasteiger charge is 2.40. The third kappa shape index (κ3) is 6.07. The van der Waals surface area contributed by atoms with Crippen LogP contribution in [0.2, 0.25) is 0 Å². The van der Waals surface area contributed by atoms with Crippen LogP contribution in [0.25, 0.3) is 6.08 Å². The molecule has 1 amide bonds. The first kappa shape index (κ1) is 20.9. The van der Waals surface area contributed by atoms with Gasteiger partial charge in [0.1, 0.15) is 17.0 Å². The molecule has 0 saturated carbocycles. The van der Waals surface area contributed by atoms with Gasteiger partial charge in [-0.05, 0) is 46.8 Å². The van der Waals surface area contributed by atoms with Gasteiger partial charge in [0.15, 0.2) is 5.79 Å². The summed E-state index contributed by atoms with van der Waals surface area (Å²) in [4.78, 5) is 12.3. The third-order valence-electron chi connectivity index (χ3n) is 3.65. The zero-order chi connectivity index (χ0) is 19.6. The molecule has 0 spiro atoms. The Labute approximate surface area is 162 Å². The minimum absolute atomic E-state index is 0.174. The van der Waals surface area contributed by atoms with Crippen LogP contribution >= 0.6 is 15.9 Å². The Bertz CT molecular complexity index is 687. The summed E-state index contributed by atoms with van der Waals surface area (Å²) < 4.78 is 31.5. The molecule has 144 valence electrons. The fraction of sp³-hybridized carbons (Fsp3) is 0.526. The molecule has 5 nitrogen and oxygen atoms in total. The summed E-state index contributed by atoms with van der Waals surface area (Å²) in [5, 5.41) is 2.80. The molecule has 1 aliphatic heterocycles. The van der Waals surface area contributed by atoms with Crippen LogP contribution in [0, 0.1) is 5.82 Å². The first-order chi connectivity index (χ1) is 11.9. The highest BCUT2D eigenvalue weighted by atomic mass is 79.9. The van der Waals surface area contributed by atoms with Crippen LogP contribution < -0.4 is 5.32 Å². The number of carbonyl (C=O) groups is 1. The largest absolute Gasteiger partial charge is 0.444 e. The lowest BCUT2D eigenvalue weighted by Gasteiger charge is -2.42. The molecule has 0 radical (unpaired) electrons. The van der Waals surface area contributed by atoms with Gasteiger partial charge in [-0.25, -0.2) is 9.18 Å². The molecular formula is C19H25BrFNO4. The summed E-state index contributed by atoms with van der Waals surface area (Å²) in [6, 6.07) is 4.77. The lowest BCUT2D eigenvalue weighted by molar-refractivity contribution is -0.263. The fourth-order valence-corrected chi connectivity index (χ4v) is 2.62. The Hall–Kier alpha value is -1.44. The zero-order valence-electron chi connectivity index (χ0n) is 15.7. The maximum absolute atomic E-state index is 14.1. The predicted octanol–water partition coefficient (Wildman–Crippen LogP) is 4.65. The molecule has 1 aliphatic rings. The van der Waals surface area contributed by atoms with E-state index in [4.69, 9.17) is 14.2 Å². The maximum atomic E-state index is 14.1. The van der Waals surface area contributed by atoms with Gasteiger partial charge < -0.3 is 19.5 Å². The number of halogens is 2. The number of carbonyl (C=O) groups excluding carboxylic acids is 1. The van der Waals surface area contributed by atoms with Crippen molar-refractivity contribution in [3.05, 3.63) is 40.1 Å². The second kappa shape index (κ2) is 7.66. The summed E-state index contributed by atoms with van der Waals surface area (Å²) in [5.41, 5.74) is -1.21. The van der Waals surface area contributed by atoms with Crippen LogP contribution in [0.4, 0.5) is 9.18 Å². The standard InChI is InChI=1S/C19H25BrFNO4/c1-17(2,3)26-16(23)22-19(11-24-18(4,5)25-12-19)9-8-13-6-7-14(20)10-15(13)21/h6-10H,11-12H2,1-5H3,(H,22,23)/b9-8-. The van der Waals surface area contributed by atoms with Gasteiger partial charge in [-0.15, -0.1) is 0 Å². The zero-order valence-corrected chi connectivity index (χ0v) is 17.3. The molecule has 0 atom stereocenters. The van der Waals surface area contributed by atoms with Gasteiger partial charge in [-0.1, -0.05) is 34.1 Å². The van der Waals surface area contributed by atoms with E-state index < -0.39 is 23.0 Å². The van der Waals surface area contributed by atoms with E-state index in [0.29, 0.717) is 10.0 Å². The van der Waals surface area contributed by atoms with E-state index in [-0.39, 0.29) is 19.0 Å². The first-order valence-electron chi connectivity index (χ1n) is 8.33. The van der Waals surface area contributed by atoms with Crippen molar-refractivity contribution in [1.29, 1.82) is 0 Å². The highest BCUT2D eigenvalue weighted by Crippen LogP contribution is 2.26. The van der Waals surface area contributed by atoms with Crippen LogP contribution in [-0.2, 0) is 14.2 Å². The lowest BCUT2D eigenvalue weighted by Crippen LogP contribution is -2.60. The topological polar surface area (TPSA) is 56.8 Å². The second-order valence-electron chi connectivity index (χ2n) is 7.76. The molecule has 1 fully saturated rings. The number of hydrogen-bond donors (Lipinski definition) is 1. The number of amides is 1. The van der Waals surface area contributed by atoms with E-state index in [1.54, 1.807) is 58.9 Å². The molecule has 0 aliphatic carbocycles. The third-order valence-corrected chi connectivity index (χ3v) is 4.14. The molecule has 0 aromatic heterocycles. The SMILES string of the molecule is CC(C)(C)OC(=O)NC1(/C=C\c2ccc(Br)cc2F)COC(C)(C)OC1. The Morgan fingerprint density at radius 2 is 1.92 bits per heavy atom. The van der Waals surface area contributed by atoms with Crippen LogP contribution in [0.5, 0.6) is 0 Å². The number of ether oxygens (including phenoxy) is 3. The minimum atomic E-state index is -0.961.